The summed E-state index contributed by atoms with van der Waals surface area (Å²) in [6, 6.07) is 19.2. The fraction of sp³-hybridized carbons (Fsp3) is 0.214. The van der Waals surface area contributed by atoms with Gasteiger partial charge in [-0.3, -0.25) is 4.79 Å². The van der Waals surface area contributed by atoms with E-state index in [0.29, 0.717) is 50.7 Å². The molecule has 0 aliphatic carbocycles. The van der Waals surface area contributed by atoms with Gasteiger partial charge in [-0.1, -0.05) is 36.4 Å². The topological polar surface area (TPSA) is 84.2 Å². The van der Waals surface area contributed by atoms with Gasteiger partial charge in [0.2, 0.25) is 11.5 Å². The molecule has 7 heteroatoms. The van der Waals surface area contributed by atoms with Gasteiger partial charge in [-0.15, -0.1) is 0 Å². The molecule has 0 N–H and O–H groups in total. The molecule has 0 saturated carbocycles. The molecule has 1 aromatic heterocycles. The van der Waals surface area contributed by atoms with E-state index in [0.717, 1.165) is 0 Å². The Bertz CT molecular complexity index is 1410. The molecule has 0 radical (unpaired) electrons. The molecule has 4 rings (SSSR count). The molecule has 0 unspecified atom stereocenters. The normalized spacial score (nSPS) is 11.7. The van der Waals surface area contributed by atoms with Crippen molar-refractivity contribution in [2.24, 2.45) is 0 Å². The lowest BCUT2D eigenvalue weighted by molar-refractivity contribution is -0.151. The highest BCUT2D eigenvalue weighted by Crippen LogP contribution is 2.34. The quantitative estimate of drug-likeness (QED) is 0.313. The Morgan fingerprint density at radius 1 is 0.943 bits per heavy atom. The molecule has 7 nitrogen and oxygen atoms in total. The number of aryl methyl sites for hydroxylation is 1. The third kappa shape index (κ3) is 4.84. The van der Waals surface area contributed by atoms with E-state index >= 15 is 0 Å². The smallest absolute Gasteiger partial charge is 0.352 e. The second-order valence-electron chi connectivity index (χ2n) is 7.75. The van der Waals surface area contributed by atoms with Crippen molar-refractivity contribution >= 4 is 16.9 Å². The van der Waals surface area contributed by atoms with Gasteiger partial charge >= 0.3 is 5.97 Å². The fourth-order valence-corrected chi connectivity index (χ4v) is 3.92. The van der Waals surface area contributed by atoms with Gasteiger partial charge < -0.3 is 23.4 Å². The third-order valence-electron chi connectivity index (χ3n) is 5.57. The first-order valence-electron chi connectivity index (χ1n) is 11.1. The molecule has 180 valence electrons. The van der Waals surface area contributed by atoms with Gasteiger partial charge in [0.05, 0.1) is 31.8 Å². The van der Waals surface area contributed by atoms with Crippen LogP contribution in [0.3, 0.4) is 0 Å². The maximum atomic E-state index is 13.4. The summed E-state index contributed by atoms with van der Waals surface area (Å²) in [5.74, 6) is 1.40. The minimum Gasteiger partial charge on any atom is -0.493 e. The Hall–Kier alpha value is -4.26. The number of esters is 1. The van der Waals surface area contributed by atoms with Crippen LogP contribution in [-0.2, 0) is 9.53 Å². The minimum absolute atomic E-state index is 0.187. The van der Waals surface area contributed by atoms with Crippen LogP contribution in [-0.4, -0.2) is 26.8 Å². The Kier molecular flexibility index (Phi) is 7.06. The molecule has 0 aliphatic heterocycles. The third-order valence-corrected chi connectivity index (χ3v) is 5.57. The van der Waals surface area contributed by atoms with E-state index in [9.17, 15) is 9.59 Å². The zero-order valence-corrected chi connectivity index (χ0v) is 20.0. The number of carbonyl (C=O) groups excluding carboxylic acids is 1. The summed E-state index contributed by atoms with van der Waals surface area (Å²) in [6.07, 6.45) is -0.951. The van der Waals surface area contributed by atoms with Gasteiger partial charge in [-0.25, -0.2) is 4.79 Å². The lowest BCUT2D eigenvalue weighted by Gasteiger charge is -2.18. The largest absolute Gasteiger partial charge is 0.493 e. The van der Waals surface area contributed by atoms with Crippen LogP contribution in [0, 0.1) is 6.92 Å². The summed E-state index contributed by atoms with van der Waals surface area (Å²) in [5.41, 5.74) is 1.91. The molecule has 4 aromatic rings. The molecule has 1 heterocycles. The van der Waals surface area contributed by atoms with E-state index < -0.39 is 12.1 Å². The highest BCUT2D eigenvalue weighted by molar-refractivity contribution is 5.84. The van der Waals surface area contributed by atoms with Crippen LogP contribution in [0.1, 0.15) is 24.4 Å². The molecule has 35 heavy (non-hydrogen) atoms. The van der Waals surface area contributed by atoms with Crippen molar-refractivity contribution < 1.29 is 28.2 Å². The highest BCUT2D eigenvalue weighted by atomic mass is 16.6. The van der Waals surface area contributed by atoms with Crippen LogP contribution in [0.4, 0.5) is 0 Å². The summed E-state index contributed by atoms with van der Waals surface area (Å²) in [6.45, 7) is 3.70. The average molecular weight is 475 g/mol. The molecule has 0 spiro atoms. The monoisotopic (exact) mass is 474 g/mol. The van der Waals surface area contributed by atoms with Gasteiger partial charge in [0.15, 0.2) is 11.5 Å². The zero-order chi connectivity index (χ0) is 24.9. The number of ether oxygens (including phenoxy) is 4. The van der Waals surface area contributed by atoms with Crippen LogP contribution in [0.5, 0.6) is 17.2 Å². The molecule has 0 bridgehead atoms. The van der Waals surface area contributed by atoms with E-state index in [1.807, 2.05) is 18.2 Å². The van der Waals surface area contributed by atoms with E-state index in [-0.39, 0.29) is 12.0 Å². The van der Waals surface area contributed by atoms with E-state index in [1.54, 1.807) is 69.5 Å². The van der Waals surface area contributed by atoms with Crippen LogP contribution in [0.15, 0.2) is 75.9 Å². The Morgan fingerprint density at radius 2 is 1.69 bits per heavy atom. The first kappa shape index (κ1) is 23.9. The molecule has 0 saturated heterocycles. The minimum atomic E-state index is -0.951. The van der Waals surface area contributed by atoms with Crippen molar-refractivity contribution in [3.05, 3.63) is 88.3 Å². The standard InChI is InChI=1S/C28H26O7/c1-5-33-28(30)27(18-9-7-6-8-10-18)35-20-12-13-21-23(16-20)34-17(2)25(26(21)29)19-11-14-22(31-3)24(15-19)32-4/h6-16,27H,5H2,1-4H3/t27-/m0/s1. The first-order valence-corrected chi connectivity index (χ1v) is 11.1. The maximum absolute atomic E-state index is 13.4. The van der Waals surface area contributed by atoms with Gasteiger partial charge in [0, 0.05) is 11.6 Å². The van der Waals surface area contributed by atoms with E-state index in [1.165, 1.54) is 7.11 Å². The fourth-order valence-electron chi connectivity index (χ4n) is 3.92. The number of hydrogen-bond donors (Lipinski definition) is 0. The molecular formula is C28H26O7. The molecule has 0 fully saturated rings. The second kappa shape index (κ2) is 10.3. The van der Waals surface area contributed by atoms with Crippen molar-refractivity contribution in [1.82, 2.24) is 0 Å². The summed E-state index contributed by atoms with van der Waals surface area (Å²) in [4.78, 5) is 26.0. The van der Waals surface area contributed by atoms with Crippen LogP contribution >= 0.6 is 0 Å². The number of rotatable bonds is 8. The Labute approximate surface area is 202 Å². The summed E-state index contributed by atoms with van der Waals surface area (Å²) in [7, 11) is 3.09. The number of benzene rings is 3. The molecule has 0 amide bonds. The van der Waals surface area contributed by atoms with Crippen molar-refractivity contribution in [3.63, 3.8) is 0 Å². The maximum Gasteiger partial charge on any atom is 0.352 e. The lowest BCUT2D eigenvalue weighted by Crippen LogP contribution is -2.21. The van der Waals surface area contributed by atoms with Crippen LogP contribution in [0.25, 0.3) is 22.1 Å². The number of hydrogen-bond acceptors (Lipinski definition) is 7. The second-order valence-corrected chi connectivity index (χ2v) is 7.75. The summed E-state index contributed by atoms with van der Waals surface area (Å²) >= 11 is 0. The lowest BCUT2D eigenvalue weighted by atomic mass is 10.0. The highest BCUT2D eigenvalue weighted by Gasteiger charge is 2.24. The molecule has 0 aliphatic rings. The van der Waals surface area contributed by atoms with Crippen molar-refractivity contribution in [2.45, 2.75) is 20.0 Å². The number of methoxy groups -OCH3 is 2. The number of fused-ring (bicyclic) bond motifs is 1. The van der Waals surface area contributed by atoms with E-state index in [4.69, 9.17) is 23.4 Å². The van der Waals surface area contributed by atoms with Crippen LogP contribution < -0.4 is 19.6 Å². The predicted octanol–water partition coefficient (Wildman–Crippen LogP) is 5.47. The SMILES string of the molecule is CCOC(=O)[C@@H](Oc1ccc2c(=O)c(-c3ccc(OC)c(OC)c3)c(C)oc2c1)c1ccccc1. The van der Waals surface area contributed by atoms with E-state index in [2.05, 4.69) is 0 Å². The van der Waals surface area contributed by atoms with Gasteiger partial charge in [-0.05, 0) is 43.7 Å². The van der Waals surface area contributed by atoms with Crippen LogP contribution in [0.2, 0.25) is 0 Å². The Morgan fingerprint density at radius 3 is 2.37 bits per heavy atom. The number of carbonyl (C=O) groups is 1. The zero-order valence-electron chi connectivity index (χ0n) is 20.0. The average Bonchev–Trinajstić information content (AvgIpc) is 2.87. The summed E-state index contributed by atoms with van der Waals surface area (Å²) in [5, 5.41) is 0.389. The molecule has 3 aromatic carbocycles. The van der Waals surface area contributed by atoms with Gasteiger partial charge in [-0.2, -0.15) is 0 Å². The Balaban J connectivity index is 1.74. The van der Waals surface area contributed by atoms with Gasteiger partial charge in [0.1, 0.15) is 17.1 Å². The van der Waals surface area contributed by atoms with Crippen molar-refractivity contribution in [2.75, 3.05) is 20.8 Å². The summed E-state index contributed by atoms with van der Waals surface area (Å²) < 4.78 is 27.9. The predicted molar refractivity (Wildman–Crippen MR) is 132 cm³/mol. The first-order chi connectivity index (χ1) is 17.0. The van der Waals surface area contributed by atoms with Crippen molar-refractivity contribution in [3.8, 4) is 28.4 Å². The van der Waals surface area contributed by atoms with Crippen molar-refractivity contribution in [1.29, 1.82) is 0 Å². The molecule has 1 atom stereocenters. The molecular weight excluding hydrogens is 448 g/mol. The van der Waals surface area contributed by atoms with Gasteiger partial charge in [0.25, 0.3) is 0 Å².